The minimum atomic E-state index is -5.60. The topological polar surface area (TPSA) is 86.2 Å². The van der Waals surface area contributed by atoms with Crippen LogP contribution in [0.4, 0.5) is 13.2 Å². The third kappa shape index (κ3) is 2.52. The lowest BCUT2D eigenvalue weighted by molar-refractivity contribution is -0.0440. The van der Waals surface area contributed by atoms with Gasteiger partial charge in [0.2, 0.25) is 0 Å². The van der Waals surface area contributed by atoms with E-state index in [2.05, 4.69) is 14.7 Å². The Morgan fingerprint density at radius 1 is 1.29 bits per heavy atom. The summed E-state index contributed by atoms with van der Waals surface area (Å²) in [5.74, 6) is -0.888. The number of rotatable bonds is 2. The number of alkyl halides is 3. The molecule has 0 N–H and O–H groups in total. The van der Waals surface area contributed by atoms with Crippen molar-refractivity contribution in [2.45, 2.75) is 10.7 Å². The van der Waals surface area contributed by atoms with Gasteiger partial charge in [0.05, 0.1) is 12.7 Å². The van der Waals surface area contributed by atoms with Gasteiger partial charge < -0.3 is 4.74 Å². The van der Waals surface area contributed by atoms with Crippen LogP contribution >= 0.6 is 0 Å². The first-order valence-electron chi connectivity index (χ1n) is 3.92. The second-order valence-electron chi connectivity index (χ2n) is 2.70. The number of methoxy groups -OCH3 is 1. The first kappa shape index (κ1) is 13.4. The van der Waals surface area contributed by atoms with Crippen LogP contribution in [0.2, 0.25) is 0 Å². The highest BCUT2D eigenvalue weighted by Crippen LogP contribution is 2.27. The third-order valence-corrected chi connectivity index (χ3v) is 2.90. The van der Waals surface area contributed by atoms with Gasteiger partial charge in [0.25, 0.3) is 5.16 Å². The van der Waals surface area contributed by atoms with Crippen molar-refractivity contribution in [3.63, 3.8) is 0 Å². The van der Waals surface area contributed by atoms with Crippen molar-refractivity contribution in [2.24, 2.45) is 0 Å². The zero-order valence-electron chi connectivity index (χ0n) is 8.22. The van der Waals surface area contributed by atoms with E-state index in [-0.39, 0.29) is 5.56 Å². The third-order valence-electron chi connectivity index (χ3n) is 1.59. The highest BCUT2D eigenvalue weighted by molar-refractivity contribution is 7.92. The van der Waals surface area contributed by atoms with Crippen LogP contribution in [0.3, 0.4) is 0 Å². The Kier molecular flexibility index (Phi) is 3.36. The maximum Gasteiger partial charge on any atom is 0.505 e. The van der Waals surface area contributed by atoms with Crippen LogP contribution < -0.4 is 0 Å². The largest absolute Gasteiger partial charge is 0.505 e. The summed E-state index contributed by atoms with van der Waals surface area (Å²) >= 11 is 0. The molecule has 1 aromatic heterocycles. The Morgan fingerprint density at radius 3 is 2.12 bits per heavy atom. The van der Waals surface area contributed by atoms with E-state index in [0.717, 1.165) is 7.11 Å². The van der Waals surface area contributed by atoms with E-state index < -0.39 is 26.5 Å². The summed E-state index contributed by atoms with van der Waals surface area (Å²) in [6.07, 6.45) is 1.27. The van der Waals surface area contributed by atoms with Gasteiger partial charge in [-0.15, -0.1) is 0 Å². The van der Waals surface area contributed by atoms with Gasteiger partial charge in [-0.25, -0.2) is 23.2 Å². The van der Waals surface area contributed by atoms with Gasteiger partial charge in [0.15, 0.2) is 0 Å². The first-order valence-corrected chi connectivity index (χ1v) is 5.40. The molecule has 0 aliphatic carbocycles. The van der Waals surface area contributed by atoms with Crippen LogP contribution in [0.1, 0.15) is 10.4 Å². The average molecular weight is 270 g/mol. The van der Waals surface area contributed by atoms with Crippen LogP contribution in [-0.4, -0.2) is 37.0 Å². The summed E-state index contributed by atoms with van der Waals surface area (Å²) in [5, 5.41) is -1.42. The lowest BCUT2D eigenvalue weighted by Crippen LogP contribution is -2.25. The van der Waals surface area contributed by atoms with Crippen molar-refractivity contribution in [3.8, 4) is 0 Å². The molecule has 0 spiro atoms. The predicted molar refractivity (Wildman–Crippen MR) is 46.6 cm³/mol. The SMILES string of the molecule is COC(=O)c1cnc(S(=O)(=O)C(F)(F)F)nc1. The van der Waals surface area contributed by atoms with Gasteiger partial charge in [-0.1, -0.05) is 0 Å². The van der Waals surface area contributed by atoms with E-state index in [1.165, 1.54) is 0 Å². The molecule has 1 rings (SSSR count). The van der Waals surface area contributed by atoms with Crippen LogP contribution in [-0.2, 0) is 14.6 Å². The number of hydrogen-bond donors (Lipinski definition) is 0. The maximum absolute atomic E-state index is 12.1. The number of nitrogens with zero attached hydrogens (tertiary/aromatic N) is 2. The molecule has 1 aromatic rings. The van der Waals surface area contributed by atoms with Gasteiger partial charge in [0.1, 0.15) is 0 Å². The second-order valence-corrected chi connectivity index (χ2v) is 4.53. The van der Waals surface area contributed by atoms with Gasteiger partial charge in [-0.05, 0) is 0 Å². The molecule has 0 unspecified atom stereocenters. The van der Waals surface area contributed by atoms with E-state index in [4.69, 9.17) is 0 Å². The predicted octanol–water partition coefficient (Wildman–Crippen LogP) is 0.557. The van der Waals surface area contributed by atoms with E-state index >= 15 is 0 Å². The maximum atomic E-state index is 12.1. The molecule has 0 aliphatic heterocycles. The van der Waals surface area contributed by atoms with Crippen molar-refractivity contribution >= 4 is 15.8 Å². The molecular formula is C7H5F3N2O4S. The standard InChI is InChI=1S/C7H5F3N2O4S/c1-16-5(13)4-2-11-6(12-3-4)17(14,15)7(8,9)10/h2-3H,1H3. The summed E-state index contributed by atoms with van der Waals surface area (Å²) in [7, 11) is -4.56. The lowest BCUT2D eigenvalue weighted by atomic mass is 10.4. The van der Waals surface area contributed by atoms with Gasteiger partial charge in [-0.3, -0.25) is 0 Å². The van der Waals surface area contributed by atoms with E-state index in [1.807, 2.05) is 0 Å². The Morgan fingerprint density at radius 2 is 1.76 bits per heavy atom. The molecule has 0 amide bonds. The Balaban J connectivity index is 3.17. The first-order chi connectivity index (χ1) is 7.70. The lowest BCUT2D eigenvalue weighted by Gasteiger charge is -2.06. The molecule has 0 saturated carbocycles. The zero-order chi connectivity index (χ0) is 13.3. The Labute approximate surface area is 93.4 Å². The summed E-state index contributed by atoms with van der Waals surface area (Å²) < 4.78 is 62.2. The van der Waals surface area contributed by atoms with Crippen LogP contribution in [0.15, 0.2) is 17.6 Å². The number of ether oxygens (including phenoxy) is 1. The number of halogens is 3. The quantitative estimate of drug-likeness (QED) is 0.576. The molecule has 1 heterocycles. The molecule has 94 valence electrons. The fraction of sp³-hybridized carbons (Fsp3) is 0.286. The number of sulfone groups is 1. The monoisotopic (exact) mass is 270 g/mol. The highest BCUT2D eigenvalue weighted by atomic mass is 32.2. The molecule has 0 aliphatic rings. The molecule has 0 saturated heterocycles. The molecule has 0 radical (unpaired) electrons. The van der Waals surface area contributed by atoms with E-state index in [1.54, 1.807) is 0 Å². The minimum absolute atomic E-state index is 0.256. The molecule has 17 heavy (non-hydrogen) atoms. The summed E-state index contributed by atoms with van der Waals surface area (Å²) in [6.45, 7) is 0. The van der Waals surface area contributed by atoms with E-state index in [0.29, 0.717) is 12.4 Å². The van der Waals surface area contributed by atoms with E-state index in [9.17, 15) is 26.4 Å². The van der Waals surface area contributed by atoms with Crippen molar-refractivity contribution < 1.29 is 31.1 Å². The molecule has 0 atom stereocenters. The average Bonchev–Trinajstić information content (AvgIpc) is 2.26. The second kappa shape index (κ2) is 4.28. The van der Waals surface area contributed by atoms with Gasteiger partial charge >= 0.3 is 21.3 Å². The highest BCUT2D eigenvalue weighted by Gasteiger charge is 2.49. The molecule has 6 nitrogen and oxygen atoms in total. The molecule has 0 bridgehead atoms. The van der Waals surface area contributed by atoms with Crippen LogP contribution in [0.5, 0.6) is 0 Å². The number of hydrogen-bond acceptors (Lipinski definition) is 6. The number of esters is 1. The molecular weight excluding hydrogens is 265 g/mol. The summed E-state index contributed by atoms with van der Waals surface area (Å²) in [4.78, 5) is 16.8. The molecule has 10 heteroatoms. The minimum Gasteiger partial charge on any atom is -0.465 e. The van der Waals surface area contributed by atoms with Crippen LogP contribution in [0.25, 0.3) is 0 Å². The van der Waals surface area contributed by atoms with Gasteiger partial charge in [-0.2, -0.15) is 13.2 Å². The Bertz CT molecular complexity index is 523. The smallest absolute Gasteiger partial charge is 0.465 e. The van der Waals surface area contributed by atoms with Crippen LogP contribution in [0, 0.1) is 0 Å². The summed E-state index contributed by atoms with van der Waals surface area (Å²) in [6, 6.07) is 0. The summed E-state index contributed by atoms with van der Waals surface area (Å²) in [5.41, 5.74) is -5.74. The number of aromatic nitrogens is 2. The molecule has 0 aromatic carbocycles. The fourth-order valence-corrected chi connectivity index (χ4v) is 1.37. The van der Waals surface area contributed by atoms with Crippen molar-refractivity contribution in [1.82, 2.24) is 9.97 Å². The fourth-order valence-electron chi connectivity index (χ4n) is 0.782. The molecule has 0 fully saturated rings. The van der Waals surface area contributed by atoms with Crippen molar-refractivity contribution in [1.29, 1.82) is 0 Å². The van der Waals surface area contributed by atoms with Gasteiger partial charge in [0, 0.05) is 12.4 Å². The number of carbonyl (C=O) groups is 1. The Hall–Kier alpha value is -1.71. The number of carbonyl (C=O) groups excluding carboxylic acids is 1. The van der Waals surface area contributed by atoms with Crippen molar-refractivity contribution in [2.75, 3.05) is 7.11 Å². The van der Waals surface area contributed by atoms with Crippen molar-refractivity contribution in [3.05, 3.63) is 18.0 Å². The zero-order valence-corrected chi connectivity index (χ0v) is 9.04. The normalized spacial score (nSPS) is 12.2.